The third-order valence-electron chi connectivity index (χ3n) is 2.37. The molecule has 1 aromatic carbocycles. The summed E-state index contributed by atoms with van der Waals surface area (Å²) >= 11 is 0. The van der Waals surface area contributed by atoms with Crippen molar-refractivity contribution in [2.45, 2.75) is 24.3 Å². The van der Waals surface area contributed by atoms with Crippen LogP contribution in [-0.2, 0) is 6.18 Å². The van der Waals surface area contributed by atoms with Crippen LogP contribution in [0.2, 0.25) is 0 Å². The van der Waals surface area contributed by atoms with Crippen molar-refractivity contribution in [1.82, 2.24) is 0 Å². The van der Waals surface area contributed by atoms with Crippen molar-refractivity contribution in [2.24, 2.45) is 5.73 Å². The topological polar surface area (TPSA) is 26.0 Å². The Kier molecular flexibility index (Phi) is 5.41. The number of hydrogen-bond acceptors (Lipinski definition) is 1. The van der Waals surface area contributed by atoms with Gasteiger partial charge in [-0.3, -0.25) is 0 Å². The zero-order valence-corrected chi connectivity index (χ0v) is 10.2. The molecule has 10 heteroatoms. The molecular weight excluding hydrogens is 322 g/mol. The molecule has 0 saturated carbocycles. The van der Waals surface area contributed by atoms with Gasteiger partial charge in [0.25, 0.3) is 0 Å². The Bertz CT molecular complexity index is 453. The highest BCUT2D eigenvalue weighted by Gasteiger charge is 2.62. The highest BCUT2D eigenvalue weighted by Crippen LogP contribution is 2.45. The Hall–Kier alpha value is -1.09. The summed E-state index contributed by atoms with van der Waals surface area (Å²) in [6.45, 7) is 0. The SMILES string of the molecule is Cl.N[C@@H](c1ccccc1C(F)(F)F)C(F)(F)C(F)(F)F. The van der Waals surface area contributed by atoms with E-state index in [1.54, 1.807) is 0 Å². The van der Waals surface area contributed by atoms with E-state index in [1.165, 1.54) is 0 Å². The molecule has 0 aliphatic carbocycles. The van der Waals surface area contributed by atoms with Gasteiger partial charge >= 0.3 is 18.3 Å². The molecule has 1 aromatic rings. The van der Waals surface area contributed by atoms with Gasteiger partial charge in [0.2, 0.25) is 0 Å². The van der Waals surface area contributed by atoms with Crippen LogP contribution in [0.15, 0.2) is 24.3 Å². The lowest BCUT2D eigenvalue weighted by molar-refractivity contribution is -0.291. The Labute approximate surface area is 114 Å². The van der Waals surface area contributed by atoms with Crippen LogP contribution in [0.3, 0.4) is 0 Å². The molecule has 0 spiro atoms. The number of alkyl halides is 8. The summed E-state index contributed by atoms with van der Waals surface area (Å²) in [6.07, 6.45) is -11.1. The Balaban J connectivity index is 0.00000361. The molecule has 0 unspecified atom stereocenters. The van der Waals surface area contributed by atoms with Gasteiger partial charge in [0.1, 0.15) is 6.04 Å². The normalized spacial score (nSPS) is 14.7. The summed E-state index contributed by atoms with van der Waals surface area (Å²) in [5, 5.41) is 0. The third-order valence-corrected chi connectivity index (χ3v) is 2.37. The lowest BCUT2D eigenvalue weighted by Gasteiger charge is -2.27. The molecule has 0 amide bonds. The van der Waals surface area contributed by atoms with E-state index in [0.717, 1.165) is 12.1 Å². The monoisotopic (exact) mass is 329 g/mol. The van der Waals surface area contributed by atoms with Gasteiger partial charge in [0.15, 0.2) is 0 Å². The van der Waals surface area contributed by atoms with Gasteiger partial charge in [-0.25, -0.2) is 0 Å². The first-order valence-corrected chi connectivity index (χ1v) is 4.75. The van der Waals surface area contributed by atoms with Crippen molar-refractivity contribution in [3.05, 3.63) is 35.4 Å². The zero-order valence-electron chi connectivity index (χ0n) is 9.40. The highest BCUT2D eigenvalue weighted by molar-refractivity contribution is 5.85. The van der Waals surface area contributed by atoms with Crippen molar-refractivity contribution in [3.8, 4) is 0 Å². The standard InChI is InChI=1S/C10H7F8N.ClH/c11-8(12,10(16,17)18)7(19)5-3-1-2-4-6(5)9(13,14)15;/h1-4,7H,19H2;1H/t7-;/m0./s1. The fourth-order valence-corrected chi connectivity index (χ4v) is 1.40. The van der Waals surface area contributed by atoms with Crippen LogP contribution in [0.25, 0.3) is 0 Å². The van der Waals surface area contributed by atoms with Crippen molar-refractivity contribution in [3.63, 3.8) is 0 Å². The van der Waals surface area contributed by atoms with Crippen LogP contribution in [0, 0.1) is 0 Å². The minimum absolute atomic E-state index is 0. The first kappa shape index (κ1) is 18.9. The average molecular weight is 330 g/mol. The molecular formula is C10H8ClF8N. The smallest absolute Gasteiger partial charge is 0.319 e. The molecule has 0 aromatic heterocycles. The fraction of sp³-hybridized carbons (Fsp3) is 0.400. The number of halogens is 9. The van der Waals surface area contributed by atoms with Gasteiger partial charge in [0, 0.05) is 0 Å². The molecule has 0 aliphatic rings. The van der Waals surface area contributed by atoms with E-state index in [-0.39, 0.29) is 12.4 Å². The number of rotatable bonds is 2. The number of benzene rings is 1. The van der Waals surface area contributed by atoms with Crippen molar-refractivity contribution in [2.75, 3.05) is 0 Å². The Morgan fingerprint density at radius 2 is 1.30 bits per heavy atom. The molecule has 1 atom stereocenters. The van der Waals surface area contributed by atoms with Crippen LogP contribution in [0.4, 0.5) is 35.1 Å². The minimum Gasteiger partial charge on any atom is -0.319 e. The third kappa shape index (κ3) is 3.51. The highest BCUT2D eigenvalue weighted by atomic mass is 35.5. The molecule has 2 N–H and O–H groups in total. The number of hydrogen-bond donors (Lipinski definition) is 1. The molecule has 0 saturated heterocycles. The maximum atomic E-state index is 13.0. The second kappa shape index (κ2) is 5.72. The summed E-state index contributed by atoms with van der Waals surface area (Å²) in [6, 6.07) is -0.485. The van der Waals surface area contributed by atoms with E-state index in [2.05, 4.69) is 5.73 Å². The second-order valence-electron chi connectivity index (χ2n) is 3.68. The van der Waals surface area contributed by atoms with Crippen LogP contribution in [0.5, 0.6) is 0 Å². The maximum absolute atomic E-state index is 13.0. The van der Waals surface area contributed by atoms with Gasteiger partial charge in [-0.15, -0.1) is 12.4 Å². The Morgan fingerprint density at radius 3 is 1.70 bits per heavy atom. The van der Waals surface area contributed by atoms with E-state index >= 15 is 0 Å². The van der Waals surface area contributed by atoms with E-state index in [4.69, 9.17) is 0 Å². The van der Waals surface area contributed by atoms with Gasteiger partial charge in [-0.05, 0) is 11.6 Å². The molecule has 0 bridgehead atoms. The van der Waals surface area contributed by atoms with Gasteiger partial charge < -0.3 is 5.73 Å². The van der Waals surface area contributed by atoms with E-state index in [0.29, 0.717) is 12.1 Å². The summed E-state index contributed by atoms with van der Waals surface area (Å²) in [5.74, 6) is -5.46. The van der Waals surface area contributed by atoms with Crippen LogP contribution >= 0.6 is 12.4 Å². The van der Waals surface area contributed by atoms with Crippen molar-refractivity contribution in [1.29, 1.82) is 0 Å². The first-order valence-electron chi connectivity index (χ1n) is 4.75. The van der Waals surface area contributed by atoms with Gasteiger partial charge in [0.05, 0.1) is 5.56 Å². The second-order valence-corrected chi connectivity index (χ2v) is 3.68. The lowest BCUT2D eigenvalue weighted by Crippen LogP contribution is -2.46. The first-order chi connectivity index (χ1) is 8.39. The number of nitrogens with two attached hydrogens (primary N) is 1. The molecule has 1 nitrogen and oxygen atoms in total. The van der Waals surface area contributed by atoms with Crippen LogP contribution < -0.4 is 5.73 Å². The quantitative estimate of drug-likeness (QED) is 0.803. The predicted octanol–water partition coefficient (Wildman–Crippen LogP) is 4.32. The molecule has 0 fully saturated rings. The molecule has 116 valence electrons. The maximum Gasteiger partial charge on any atom is 0.455 e. The summed E-state index contributed by atoms with van der Waals surface area (Å²) in [7, 11) is 0. The molecule has 1 rings (SSSR count). The predicted molar refractivity (Wildman–Crippen MR) is 56.6 cm³/mol. The van der Waals surface area contributed by atoms with Crippen LogP contribution in [-0.4, -0.2) is 12.1 Å². The molecule has 0 heterocycles. The van der Waals surface area contributed by atoms with Gasteiger partial charge in [-0.1, -0.05) is 18.2 Å². The fourth-order valence-electron chi connectivity index (χ4n) is 1.40. The molecule has 0 radical (unpaired) electrons. The lowest BCUT2D eigenvalue weighted by atomic mass is 9.95. The summed E-state index contributed by atoms with van der Waals surface area (Å²) in [4.78, 5) is 0. The zero-order chi connectivity index (χ0) is 15.1. The summed E-state index contributed by atoms with van der Waals surface area (Å²) < 4.78 is 99.7. The summed E-state index contributed by atoms with van der Waals surface area (Å²) in [5.41, 5.74) is 1.76. The largest absolute Gasteiger partial charge is 0.455 e. The molecule has 0 aliphatic heterocycles. The van der Waals surface area contributed by atoms with Crippen molar-refractivity contribution < 1.29 is 35.1 Å². The van der Waals surface area contributed by atoms with E-state index in [1.807, 2.05) is 0 Å². The van der Waals surface area contributed by atoms with E-state index in [9.17, 15) is 35.1 Å². The van der Waals surface area contributed by atoms with Crippen LogP contribution in [0.1, 0.15) is 17.2 Å². The average Bonchev–Trinajstić information content (AvgIpc) is 2.25. The van der Waals surface area contributed by atoms with Crippen molar-refractivity contribution >= 4 is 12.4 Å². The Morgan fingerprint density at radius 1 is 0.850 bits per heavy atom. The van der Waals surface area contributed by atoms with Gasteiger partial charge in [-0.2, -0.15) is 35.1 Å². The molecule has 20 heavy (non-hydrogen) atoms. The minimum atomic E-state index is -6.04. The van der Waals surface area contributed by atoms with E-state index < -0.39 is 35.4 Å².